The number of aromatic nitrogens is 1. The van der Waals surface area contributed by atoms with Gasteiger partial charge in [0, 0.05) is 0 Å². The average molecular weight is 186 g/mol. The van der Waals surface area contributed by atoms with Gasteiger partial charge in [-0.2, -0.15) is 0 Å². The van der Waals surface area contributed by atoms with Crippen molar-refractivity contribution in [1.29, 1.82) is 0 Å². The van der Waals surface area contributed by atoms with E-state index >= 15 is 0 Å². The van der Waals surface area contributed by atoms with Crippen LogP contribution in [0.3, 0.4) is 0 Å². The molecular weight excluding hydrogens is 182 g/mol. The topological polar surface area (TPSA) is 113 Å². The number of ether oxygens (including phenoxy) is 1. The molecule has 0 aliphatic heterocycles. The Morgan fingerprint density at radius 3 is 2.85 bits per heavy atom. The van der Waals surface area contributed by atoms with Crippen LogP contribution in [0.2, 0.25) is 0 Å². The molecule has 0 saturated heterocycles. The van der Waals surface area contributed by atoms with Gasteiger partial charge in [0.25, 0.3) is 5.88 Å². The van der Waals surface area contributed by atoms with Crippen LogP contribution in [0.25, 0.3) is 0 Å². The lowest BCUT2D eigenvalue weighted by atomic mass is 10.5. The number of rotatable bonds is 4. The first-order valence-electron chi connectivity index (χ1n) is 3.12. The summed E-state index contributed by atoms with van der Waals surface area (Å²) >= 11 is 0. The maximum Gasteiger partial charge on any atom is 0.374 e. The molecule has 1 aromatic heterocycles. The fraction of sp³-hybridized carbons (Fsp3) is 0.167. The minimum Gasteiger partial charge on any atom is -0.546 e. The van der Waals surface area contributed by atoms with E-state index in [-0.39, 0.29) is 5.88 Å². The number of nitrogens with zero attached hydrogens (tertiary/aromatic N) is 1. The van der Waals surface area contributed by atoms with Gasteiger partial charge in [0.15, 0.2) is 0 Å². The fourth-order valence-electron chi connectivity index (χ4n) is 0.561. The van der Waals surface area contributed by atoms with Crippen LogP contribution in [0.4, 0.5) is 0 Å². The Labute approximate surface area is 71.5 Å². The molecule has 0 aliphatic carbocycles. The molecule has 0 amide bonds. The summed E-state index contributed by atoms with van der Waals surface area (Å²) < 4.78 is 8.74. The van der Waals surface area contributed by atoms with Crippen LogP contribution in [-0.4, -0.2) is 28.8 Å². The average Bonchev–Trinajstić information content (AvgIpc) is 2.48. The van der Waals surface area contributed by atoms with Crippen LogP contribution in [0.1, 0.15) is 10.6 Å². The third kappa shape index (κ3) is 2.47. The summed E-state index contributed by atoms with van der Waals surface area (Å²) in [6.07, 6.45) is 0. The SMILES string of the molecule is O=C([O-])COc1cc(C(=O)O)on1. The monoisotopic (exact) mass is 186 g/mol. The number of aliphatic carboxylic acids is 1. The van der Waals surface area contributed by atoms with E-state index in [1.807, 2.05) is 0 Å². The van der Waals surface area contributed by atoms with Gasteiger partial charge in [-0.05, 0) is 5.16 Å². The smallest absolute Gasteiger partial charge is 0.374 e. The van der Waals surface area contributed by atoms with E-state index in [9.17, 15) is 14.7 Å². The van der Waals surface area contributed by atoms with Gasteiger partial charge in [0.1, 0.15) is 6.61 Å². The van der Waals surface area contributed by atoms with E-state index in [1.54, 1.807) is 0 Å². The first kappa shape index (κ1) is 9.04. The third-order valence-electron chi connectivity index (χ3n) is 1.04. The Hall–Kier alpha value is -2.05. The highest BCUT2D eigenvalue weighted by Crippen LogP contribution is 2.10. The minimum atomic E-state index is -1.43. The molecule has 70 valence electrons. The lowest BCUT2D eigenvalue weighted by Crippen LogP contribution is -2.28. The summed E-state index contributed by atoms with van der Waals surface area (Å²) in [4.78, 5) is 20.1. The van der Waals surface area contributed by atoms with Gasteiger partial charge >= 0.3 is 5.97 Å². The van der Waals surface area contributed by atoms with Crippen LogP contribution >= 0.6 is 0 Å². The highest BCUT2D eigenvalue weighted by Gasteiger charge is 2.11. The molecule has 0 bridgehead atoms. The van der Waals surface area contributed by atoms with Gasteiger partial charge in [-0.1, -0.05) is 0 Å². The van der Waals surface area contributed by atoms with Crippen molar-refractivity contribution in [1.82, 2.24) is 5.16 Å². The van der Waals surface area contributed by atoms with Crippen molar-refractivity contribution >= 4 is 11.9 Å². The van der Waals surface area contributed by atoms with Crippen LogP contribution < -0.4 is 9.84 Å². The summed E-state index contributed by atoms with van der Waals surface area (Å²) in [5.74, 6) is -3.37. The Morgan fingerprint density at radius 1 is 1.69 bits per heavy atom. The first-order valence-corrected chi connectivity index (χ1v) is 3.12. The minimum absolute atomic E-state index is 0.207. The van der Waals surface area contributed by atoms with Gasteiger partial charge in [-0.25, -0.2) is 4.79 Å². The highest BCUT2D eigenvalue weighted by atomic mass is 16.6. The normalized spacial score (nSPS) is 9.54. The van der Waals surface area contributed by atoms with Gasteiger partial charge in [0.05, 0.1) is 12.0 Å². The number of carbonyl (C=O) groups is 2. The maximum atomic E-state index is 10.2. The van der Waals surface area contributed by atoms with Crippen LogP contribution in [0, 0.1) is 0 Å². The van der Waals surface area contributed by atoms with E-state index in [0.717, 1.165) is 6.07 Å². The number of carbonyl (C=O) groups excluding carboxylic acids is 1. The van der Waals surface area contributed by atoms with Crippen molar-refractivity contribution in [3.05, 3.63) is 11.8 Å². The molecule has 0 saturated carbocycles. The van der Waals surface area contributed by atoms with E-state index in [1.165, 1.54) is 0 Å². The molecule has 1 N–H and O–H groups in total. The number of aromatic carboxylic acids is 1. The molecular formula is C6H4NO6-. The highest BCUT2D eigenvalue weighted by molar-refractivity contribution is 5.84. The molecule has 0 unspecified atom stereocenters. The Bertz CT molecular complexity index is 330. The van der Waals surface area contributed by atoms with Gasteiger partial charge in [-0.3, -0.25) is 0 Å². The second-order valence-electron chi connectivity index (χ2n) is 2.00. The lowest BCUT2D eigenvalue weighted by molar-refractivity contribution is -0.307. The van der Waals surface area contributed by atoms with Crippen molar-refractivity contribution in [3.8, 4) is 5.88 Å². The molecule has 0 spiro atoms. The summed E-state index contributed by atoms with van der Waals surface area (Å²) in [6.45, 7) is -0.703. The number of carboxylic acids is 2. The van der Waals surface area contributed by atoms with E-state index < -0.39 is 24.3 Å². The largest absolute Gasteiger partial charge is 0.546 e. The molecule has 1 heterocycles. The van der Waals surface area contributed by atoms with Crippen molar-refractivity contribution < 1.29 is 29.1 Å². The van der Waals surface area contributed by atoms with Gasteiger partial charge in [-0.15, -0.1) is 0 Å². The molecule has 7 heteroatoms. The summed E-state index contributed by atoms with van der Waals surface area (Å²) in [6, 6.07) is 0.964. The lowest BCUT2D eigenvalue weighted by Gasteiger charge is -2.00. The van der Waals surface area contributed by atoms with E-state index in [4.69, 9.17) is 5.11 Å². The molecule has 1 aromatic rings. The quantitative estimate of drug-likeness (QED) is 0.608. The van der Waals surface area contributed by atoms with E-state index in [0.29, 0.717) is 0 Å². The predicted molar refractivity (Wildman–Crippen MR) is 34.0 cm³/mol. The molecule has 7 nitrogen and oxygen atoms in total. The fourth-order valence-corrected chi connectivity index (χ4v) is 0.561. The number of hydrogen-bond donors (Lipinski definition) is 1. The van der Waals surface area contributed by atoms with E-state index in [2.05, 4.69) is 14.4 Å². The maximum absolute atomic E-state index is 10.2. The van der Waals surface area contributed by atoms with Crippen LogP contribution in [0.5, 0.6) is 5.88 Å². The molecule has 0 fully saturated rings. The van der Waals surface area contributed by atoms with Gasteiger partial charge in [0.2, 0.25) is 5.76 Å². The number of carboxylic acid groups (broad SMARTS) is 2. The Balaban J connectivity index is 2.59. The molecule has 0 atom stereocenters. The summed E-state index contributed by atoms with van der Waals surface area (Å²) in [5.41, 5.74) is 0. The molecule has 0 aliphatic rings. The zero-order valence-corrected chi connectivity index (χ0v) is 6.22. The zero-order chi connectivity index (χ0) is 9.84. The number of hydrogen-bond acceptors (Lipinski definition) is 6. The molecule has 0 aromatic carbocycles. The van der Waals surface area contributed by atoms with Gasteiger partial charge < -0.3 is 24.3 Å². The van der Waals surface area contributed by atoms with Crippen molar-refractivity contribution in [2.75, 3.05) is 6.61 Å². The molecule has 1 rings (SSSR count). The molecule has 0 radical (unpaired) electrons. The second kappa shape index (κ2) is 3.57. The van der Waals surface area contributed by atoms with Crippen molar-refractivity contribution in [2.45, 2.75) is 0 Å². The summed E-state index contributed by atoms with van der Waals surface area (Å²) in [7, 11) is 0. The van der Waals surface area contributed by atoms with Crippen molar-refractivity contribution in [3.63, 3.8) is 0 Å². The second-order valence-corrected chi connectivity index (χ2v) is 2.00. The predicted octanol–water partition coefficient (Wildman–Crippen LogP) is -1.50. The Kier molecular flexibility index (Phi) is 2.48. The first-order chi connectivity index (χ1) is 6.09. The third-order valence-corrected chi connectivity index (χ3v) is 1.04. The van der Waals surface area contributed by atoms with Crippen LogP contribution in [0.15, 0.2) is 10.6 Å². The zero-order valence-electron chi connectivity index (χ0n) is 6.22. The summed E-state index contributed by atoms with van der Waals surface area (Å²) in [5, 5.41) is 21.4. The standard InChI is InChI=1S/C6H5NO6/c8-5(9)2-12-4-1-3(6(10)11)13-7-4/h1H,2H2,(H,8,9)(H,10,11)/p-1. The van der Waals surface area contributed by atoms with Crippen LogP contribution in [-0.2, 0) is 4.79 Å². The Morgan fingerprint density at radius 2 is 2.38 bits per heavy atom. The molecule has 13 heavy (non-hydrogen) atoms. The van der Waals surface area contributed by atoms with Crippen molar-refractivity contribution in [2.24, 2.45) is 0 Å².